The van der Waals surface area contributed by atoms with Crippen LogP contribution in [0.1, 0.15) is 22.6 Å². The summed E-state index contributed by atoms with van der Waals surface area (Å²) in [5, 5.41) is 6.64. The maximum absolute atomic E-state index is 15.0. The zero-order valence-electron chi connectivity index (χ0n) is 16.1. The maximum Gasteiger partial charge on any atom is 0.155 e. The van der Waals surface area contributed by atoms with Crippen LogP contribution >= 0.6 is 0 Å². The van der Waals surface area contributed by atoms with Crippen molar-refractivity contribution in [1.29, 1.82) is 0 Å². The van der Waals surface area contributed by atoms with Crippen LogP contribution < -0.4 is 5.73 Å². The second-order valence-electron chi connectivity index (χ2n) is 7.71. The molecule has 0 aliphatic heterocycles. The molecule has 3 N–H and O–H groups in total. The molecule has 0 amide bonds. The molecule has 4 aromatic rings. The Labute approximate surface area is 172 Å². The first-order chi connectivity index (χ1) is 14.6. The molecule has 3 aromatic carbocycles. The topological polar surface area (TPSA) is 67.6 Å². The number of fused-ring (bicyclic) bond motifs is 1. The maximum atomic E-state index is 15.0. The number of hydrogen-bond donors (Lipinski definition) is 2. The largest absolute Gasteiger partial charge is 0.327 e. The summed E-state index contributed by atoms with van der Waals surface area (Å²) < 4.78 is 30.0. The minimum Gasteiger partial charge on any atom is -0.327 e. The predicted molar refractivity (Wildman–Crippen MR) is 112 cm³/mol. The van der Waals surface area contributed by atoms with E-state index in [2.05, 4.69) is 15.2 Å². The highest BCUT2D eigenvalue weighted by Gasteiger charge is 2.31. The van der Waals surface area contributed by atoms with Crippen molar-refractivity contribution in [2.75, 3.05) is 0 Å². The summed E-state index contributed by atoms with van der Waals surface area (Å²) in [5.74, 6) is -0.590. The highest BCUT2D eigenvalue weighted by molar-refractivity contribution is 5.70. The van der Waals surface area contributed by atoms with Crippen molar-refractivity contribution in [3.05, 3.63) is 95.3 Å². The van der Waals surface area contributed by atoms with Crippen LogP contribution in [0.3, 0.4) is 0 Å². The Bertz CT molecular complexity index is 1180. The molecule has 1 aromatic heterocycles. The van der Waals surface area contributed by atoms with Gasteiger partial charge in [-0.3, -0.25) is 5.10 Å². The van der Waals surface area contributed by atoms with Gasteiger partial charge in [-0.1, -0.05) is 42.5 Å². The van der Waals surface area contributed by atoms with Crippen molar-refractivity contribution in [3.8, 4) is 22.5 Å². The summed E-state index contributed by atoms with van der Waals surface area (Å²) in [5.41, 5.74) is 10.6. The van der Waals surface area contributed by atoms with Crippen molar-refractivity contribution < 1.29 is 8.78 Å². The van der Waals surface area contributed by atoms with Gasteiger partial charge >= 0.3 is 0 Å². The fourth-order valence-electron chi connectivity index (χ4n) is 4.35. The normalized spacial score (nSPS) is 17.8. The predicted octanol–water partition coefficient (Wildman–Crippen LogP) is 4.63. The zero-order chi connectivity index (χ0) is 20.7. The first-order valence-corrected chi connectivity index (χ1v) is 9.87. The highest BCUT2D eigenvalue weighted by atomic mass is 19.1. The molecule has 6 heteroatoms. The fourth-order valence-corrected chi connectivity index (χ4v) is 4.35. The average molecular weight is 402 g/mol. The molecule has 5 rings (SSSR count). The number of rotatable bonds is 4. The van der Waals surface area contributed by atoms with Crippen molar-refractivity contribution in [3.63, 3.8) is 0 Å². The molecular formula is C24H20F2N4. The van der Waals surface area contributed by atoms with Gasteiger partial charge in [0.2, 0.25) is 0 Å². The first kappa shape index (κ1) is 18.6. The minimum absolute atomic E-state index is 0.0855. The lowest BCUT2D eigenvalue weighted by molar-refractivity contribution is 0.512. The molecule has 1 aliphatic rings. The SMILES string of the molecule is NC1Cc2ccccc2C1Cc1c(F)cc(-c2cccc(-c3ncn[nH]3)c2)cc1F. The van der Waals surface area contributed by atoms with Gasteiger partial charge in [-0.15, -0.1) is 0 Å². The standard InChI is InChI=1S/C24H20F2N4/c25-21-9-17(14-5-3-6-16(8-14)24-28-13-29-30-24)10-22(26)20(21)12-19-18-7-2-1-4-15(18)11-23(19)27/h1-10,13,19,23H,11-12,27H2,(H,28,29,30). The third-order valence-electron chi connectivity index (χ3n) is 5.88. The second-order valence-corrected chi connectivity index (χ2v) is 7.71. The number of halogens is 2. The number of nitrogens with one attached hydrogen (secondary N) is 1. The summed E-state index contributed by atoms with van der Waals surface area (Å²) >= 11 is 0. The Hall–Kier alpha value is -3.38. The number of benzene rings is 3. The van der Waals surface area contributed by atoms with Crippen LogP contribution in [-0.2, 0) is 12.8 Å². The van der Waals surface area contributed by atoms with Gasteiger partial charge in [0.25, 0.3) is 0 Å². The van der Waals surface area contributed by atoms with Crippen LogP contribution in [0.4, 0.5) is 8.78 Å². The van der Waals surface area contributed by atoms with Crippen LogP contribution in [0.25, 0.3) is 22.5 Å². The molecule has 0 bridgehead atoms. The van der Waals surface area contributed by atoms with Gasteiger partial charge in [-0.05, 0) is 53.3 Å². The van der Waals surface area contributed by atoms with Gasteiger partial charge < -0.3 is 5.73 Å². The van der Waals surface area contributed by atoms with E-state index in [1.165, 1.54) is 18.5 Å². The molecular weight excluding hydrogens is 382 g/mol. The van der Waals surface area contributed by atoms with Crippen molar-refractivity contribution in [2.24, 2.45) is 5.73 Å². The highest BCUT2D eigenvalue weighted by Crippen LogP contribution is 2.36. The lowest BCUT2D eigenvalue weighted by Gasteiger charge is -2.18. The lowest BCUT2D eigenvalue weighted by Crippen LogP contribution is -2.26. The molecule has 2 atom stereocenters. The summed E-state index contributed by atoms with van der Waals surface area (Å²) in [6.07, 6.45) is 2.40. The Morgan fingerprint density at radius 2 is 1.70 bits per heavy atom. The monoisotopic (exact) mass is 402 g/mol. The molecule has 0 spiro atoms. The van der Waals surface area contributed by atoms with Gasteiger partial charge in [0, 0.05) is 23.1 Å². The Morgan fingerprint density at radius 3 is 2.47 bits per heavy atom. The average Bonchev–Trinajstić information content (AvgIpc) is 3.39. The molecule has 0 saturated heterocycles. The number of aromatic nitrogens is 3. The van der Waals surface area contributed by atoms with Crippen molar-refractivity contribution >= 4 is 0 Å². The van der Waals surface area contributed by atoms with E-state index in [-0.39, 0.29) is 23.9 Å². The number of H-pyrrole nitrogens is 1. The van der Waals surface area contributed by atoms with E-state index in [1.54, 1.807) is 0 Å². The lowest BCUT2D eigenvalue weighted by atomic mass is 9.90. The number of nitrogens with two attached hydrogens (primary N) is 1. The Balaban J connectivity index is 1.47. The molecule has 0 fully saturated rings. The van der Waals surface area contributed by atoms with Gasteiger partial charge in [0.15, 0.2) is 5.82 Å². The van der Waals surface area contributed by atoms with Crippen LogP contribution in [0.2, 0.25) is 0 Å². The molecule has 1 aliphatic carbocycles. The van der Waals surface area contributed by atoms with E-state index in [0.29, 0.717) is 17.0 Å². The van der Waals surface area contributed by atoms with Crippen LogP contribution in [0, 0.1) is 11.6 Å². The van der Waals surface area contributed by atoms with Crippen LogP contribution in [0.5, 0.6) is 0 Å². The fraction of sp³-hybridized carbons (Fsp3) is 0.167. The third-order valence-corrected chi connectivity index (χ3v) is 5.88. The minimum atomic E-state index is -0.549. The quantitative estimate of drug-likeness (QED) is 0.523. The molecule has 0 radical (unpaired) electrons. The molecule has 150 valence electrons. The van der Waals surface area contributed by atoms with E-state index in [1.807, 2.05) is 48.5 Å². The van der Waals surface area contributed by atoms with Gasteiger partial charge in [-0.2, -0.15) is 5.10 Å². The molecule has 1 heterocycles. The molecule has 4 nitrogen and oxygen atoms in total. The third kappa shape index (κ3) is 3.29. The van der Waals surface area contributed by atoms with E-state index >= 15 is 8.78 Å². The zero-order valence-corrected chi connectivity index (χ0v) is 16.1. The van der Waals surface area contributed by atoms with E-state index < -0.39 is 11.6 Å². The summed E-state index contributed by atoms with van der Waals surface area (Å²) in [7, 11) is 0. The number of aromatic amines is 1. The summed E-state index contributed by atoms with van der Waals surface area (Å²) in [4.78, 5) is 4.13. The smallest absolute Gasteiger partial charge is 0.155 e. The molecule has 30 heavy (non-hydrogen) atoms. The molecule has 0 saturated carbocycles. The van der Waals surface area contributed by atoms with Gasteiger partial charge in [0.1, 0.15) is 18.0 Å². The molecule has 2 unspecified atom stereocenters. The van der Waals surface area contributed by atoms with Crippen molar-refractivity contribution in [2.45, 2.75) is 24.8 Å². The van der Waals surface area contributed by atoms with Gasteiger partial charge in [0.05, 0.1) is 0 Å². The Morgan fingerprint density at radius 1 is 0.933 bits per heavy atom. The van der Waals surface area contributed by atoms with Crippen molar-refractivity contribution in [1.82, 2.24) is 15.2 Å². The first-order valence-electron chi connectivity index (χ1n) is 9.87. The Kier molecular flexibility index (Phi) is 4.64. The van der Waals surface area contributed by atoms with Crippen LogP contribution in [0.15, 0.2) is 67.0 Å². The summed E-state index contributed by atoms with van der Waals surface area (Å²) in [6.45, 7) is 0. The van der Waals surface area contributed by atoms with Gasteiger partial charge in [-0.25, -0.2) is 13.8 Å². The van der Waals surface area contributed by atoms with E-state index in [4.69, 9.17) is 5.73 Å². The van der Waals surface area contributed by atoms with E-state index in [9.17, 15) is 0 Å². The van der Waals surface area contributed by atoms with Crippen LogP contribution in [-0.4, -0.2) is 21.2 Å². The number of hydrogen-bond acceptors (Lipinski definition) is 3. The summed E-state index contributed by atoms with van der Waals surface area (Å²) in [6, 6.07) is 17.9. The second kappa shape index (κ2) is 7.46. The number of nitrogens with zero attached hydrogens (tertiary/aromatic N) is 2. The van der Waals surface area contributed by atoms with E-state index in [0.717, 1.165) is 23.1 Å².